The summed E-state index contributed by atoms with van der Waals surface area (Å²) in [5.74, 6) is 1.61. The molecule has 0 radical (unpaired) electrons. The highest BCUT2D eigenvalue weighted by molar-refractivity contribution is 7.99. The van der Waals surface area contributed by atoms with E-state index in [4.69, 9.17) is 0 Å². The predicted molar refractivity (Wildman–Crippen MR) is 82.8 cm³/mol. The summed E-state index contributed by atoms with van der Waals surface area (Å²) >= 11 is 1.37. The van der Waals surface area contributed by atoms with Crippen molar-refractivity contribution in [2.24, 2.45) is 0 Å². The molecule has 2 rings (SSSR count). The van der Waals surface area contributed by atoms with Gasteiger partial charge < -0.3 is 5.32 Å². The van der Waals surface area contributed by atoms with Crippen molar-refractivity contribution in [1.29, 1.82) is 0 Å². The van der Waals surface area contributed by atoms with Crippen molar-refractivity contribution in [1.82, 2.24) is 24.7 Å². The van der Waals surface area contributed by atoms with Crippen LogP contribution in [0.15, 0.2) is 21.0 Å². The maximum absolute atomic E-state index is 11.6. The molecule has 2 N–H and O–H groups in total. The summed E-state index contributed by atoms with van der Waals surface area (Å²) in [5, 5.41) is 11.1. The van der Waals surface area contributed by atoms with Crippen LogP contribution in [0.25, 0.3) is 0 Å². The molecule has 7 nitrogen and oxygen atoms in total. The molecular formula is C13H20N6OS. The maximum Gasteiger partial charge on any atom is 0.343 e. The van der Waals surface area contributed by atoms with Gasteiger partial charge in [-0.05, 0) is 32.0 Å². The SMILES string of the molecule is CCCc1nc(NCC)cc(Sc2n[nH]c(=O)n2CC)n1. The molecule has 0 aliphatic heterocycles. The molecule has 2 aromatic heterocycles. The number of aromatic nitrogens is 5. The van der Waals surface area contributed by atoms with Crippen molar-refractivity contribution in [3.05, 3.63) is 22.4 Å². The summed E-state index contributed by atoms with van der Waals surface area (Å²) < 4.78 is 1.58. The lowest BCUT2D eigenvalue weighted by Gasteiger charge is -2.08. The molecule has 21 heavy (non-hydrogen) atoms. The van der Waals surface area contributed by atoms with E-state index in [1.165, 1.54) is 11.8 Å². The highest BCUT2D eigenvalue weighted by Gasteiger charge is 2.11. The zero-order valence-corrected chi connectivity index (χ0v) is 13.3. The van der Waals surface area contributed by atoms with Gasteiger partial charge >= 0.3 is 5.69 Å². The first-order valence-electron chi connectivity index (χ1n) is 7.12. The number of aryl methyl sites for hydroxylation is 1. The molecule has 0 aliphatic rings. The Hall–Kier alpha value is -1.83. The molecule has 0 spiro atoms. The number of rotatable bonds is 7. The Morgan fingerprint density at radius 3 is 2.81 bits per heavy atom. The zero-order chi connectivity index (χ0) is 15.2. The molecule has 0 unspecified atom stereocenters. The second-order valence-corrected chi connectivity index (χ2v) is 5.43. The van der Waals surface area contributed by atoms with Gasteiger partial charge in [-0.15, -0.1) is 5.10 Å². The third-order valence-electron chi connectivity index (χ3n) is 2.82. The zero-order valence-electron chi connectivity index (χ0n) is 12.5. The number of anilines is 1. The summed E-state index contributed by atoms with van der Waals surface area (Å²) in [4.78, 5) is 20.6. The van der Waals surface area contributed by atoms with Crippen LogP contribution in [-0.2, 0) is 13.0 Å². The fraction of sp³-hybridized carbons (Fsp3) is 0.538. The molecule has 0 aliphatic carbocycles. The van der Waals surface area contributed by atoms with Crippen LogP contribution in [0.4, 0.5) is 5.82 Å². The maximum atomic E-state index is 11.6. The number of nitrogens with zero attached hydrogens (tertiary/aromatic N) is 4. The van der Waals surface area contributed by atoms with E-state index < -0.39 is 0 Å². The predicted octanol–water partition coefficient (Wildman–Crippen LogP) is 1.92. The molecule has 0 saturated carbocycles. The van der Waals surface area contributed by atoms with E-state index in [2.05, 4.69) is 32.4 Å². The summed E-state index contributed by atoms with van der Waals surface area (Å²) in [5.41, 5.74) is -0.199. The summed E-state index contributed by atoms with van der Waals surface area (Å²) in [6.07, 6.45) is 1.82. The first-order valence-corrected chi connectivity index (χ1v) is 7.94. The van der Waals surface area contributed by atoms with E-state index in [1.807, 2.05) is 19.9 Å². The molecule has 0 bridgehead atoms. The van der Waals surface area contributed by atoms with Crippen molar-refractivity contribution in [3.8, 4) is 0 Å². The fourth-order valence-electron chi connectivity index (χ4n) is 1.89. The Labute approximate surface area is 127 Å². The quantitative estimate of drug-likeness (QED) is 0.760. The van der Waals surface area contributed by atoms with Crippen molar-refractivity contribution in [2.45, 2.75) is 50.3 Å². The van der Waals surface area contributed by atoms with E-state index >= 15 is 0 Å². The molecule has 0 saturated heterocycles. The number of hydrogen-bond acceptors (Lipinski definition) is 6. The highest BCUT2D eigenvalue weighted by Crippen LogP contribution is 2.25. The lowest BCUT2D eigenvalue weighted by atomic mass is 10.3. The van der Waals surface area contributed by atoms with Crippen molar-refractivity contribution < 1.29 is 0 Å². The van der Waals surface area contributed by atoms with Gasteiger partial charge in [0.25, 0.3) is 0 Å². The number of hydrogen-bond donors (Lipinski definition) is 2. The Kier molecular flexibility index (Phi) is 5.38. The Morgan fingerprint density at radius 2 is 2.14 bits per heavy atom. The third kappa shape index (κ3) is 3.84. The van der Waals surface area contributed by atoms with Gasteiger partial charge in [0.05, 0.1) is 0 Å². The Bertz CT molecular complexity index is 626. The van der Waals surface area contributed by atoms with Crippen LogP contribution in [0.3, 0.4) is 0 Å². The average Bonchev–Trinajstić information content (AvgIpc) is 2.79. The van der Waals surface area contributed by atoms with Crippen molar-refractivity contribution in [3.63, 3.8) is 0 Å². The van der Waals surface area contributed by atoms with Gasteiger partial charge in [0.1, 0.15) is 16.7 Å². The smallest absolute Gasteiger partial charge is 0.343 e. The van der Waals surface area contributed by atoms with Gasteiger partial charge in [0.2, 0.25) is 0 Å². The molecule has 0 fully saturated rings. The molecule has 8 heteroatoms. The fourth-order valence-corrected chi connectivity index (χ4v) is 2.81. The van der Waals surface area contributed by atoms with Crippen LogP contribution in [0.5, 0.6) is 0 Å². The van der Waals surface area contributed by atoms with E-state index in [0.29, 0.717) is 11.7 Å². The molecule has 114 valence electrons. The van der Waals surface area contributed by atoms with Crippen LogP contribution >= 0.6 is 11.8 Å². The summed E-state index contributed by atoms with van der Waals surface area (Å²) in [6, 6.07) is 1.88. The lowest BCUT2D eigenvalue weighted by molar-refractivity contribution is 0.659. The van der Waals surface area contributed by atoms with Gasteiger partial charge in [0.15, 0.2) is 5.16 Å². The topological polar surface area (TPSA) is 88.5 Å². The lowest BCUT2D eigenvalue weighted by Crippen LogP contribution is -2.16. The Morgan fingerprint density at radius 1 is 1.33 bits per heavy atom. The second kappa shape index (κ2) is 7.26. The molecule has 2 aromatic rings. The molecule has 0 aromatic carbocycles. The number of nitrogens with one attached hydrogen (secondary N) is 2. The van der Waals surface area contributed by atoms with E-state index in [0.717, 1.165) is 36.1 Å². The van der Waals surface area contributed by atoms with E-state index in [1.54, 1.807) is 4.57 Å². The normalized spacial score (nSPS) is 10.8. The van der Waals surface area contributed by atoms with Crippen LogP contribution in [0.2, 0.25) is 0 Å². The molecule has 0 amide bonds. The minimum Gasteiger partial charge on any atom is -0.370 e. The minimum absolute atomic E-state index is 0.199. The monoisotopic (exact) mass is 308 g/mol. The van der Waals surface area contributed by atoms with Gasteiger partial charge in [-0.25, -0.2) is 19.9 Å². The van der Waals surface area contributed by atoms with Gasteiger partial charge in [0, 0.05) is 25.6 Å². The number of H-pyrrole nitrogens is 1. The average molecular weight is 308 g/mol. The van der Waals surface area contributed by atoms with Crippen LogP contribution in [-0.4, -0.2) is 31.3 Å². The van der Waals surface area contributed by atoms with Gasteiger partial charge in [-0.1, -0.05) is 6.92 Å². The van der Waals surface area contributed by atoms with Crippen molar-refractivity contribution >= 4 is 17.6 Å². The van der Waals surface area contributed by atoms with Crippen LogP contribution in [0.1, 0.15) is 33.0 Å². The van der Waals surface area contributed by atoms with E-state index in [9.17, 15) is 4.79 Å². The second-order valence-electron chi connectivity index (χ2n) is 4.45. The van der Waals surface area contributed by atoms with Crippen LogP contribution in [0, 0.1) is 0 Å². The standard InChI is InChI=1S/C13H20N6OS/c1-4-7-9-15-10(14-5-2)8-11(16-9)21-13-18-17-12(20)19(13)6-3/h8H,4-7H2,1-3H3,(H,17,20)(H,14,15,16). The summed E-state index contributed by atoms with van der Waals surface area (Å²) in [6.45, 7) is 7.41. The summed E-state index contributed by atoms with van der Waals surface area (Å²) in [7, 11) is 0. The molecule has 2 heterocycles. The molecular weight excluding hydrogens is 288 g/mol. The molecule has 0 atom stereocenters. The third-order valence-corrected chi connectivity index (χ3v) is 3.73. The van der Waals surface area contributed by atoms with Crippen molar-refractivity contribution in [2.75, 3.05) is 11.9 Å². The number of aromatic amines is 1. The minimum atomic E-state index is -0.199. The first kappa shape index (κ1) is 15.6. The first-order chi connectivity index (χ1) is 10.2. The largest absolute Gasteiger partial charge is 0.370 e. The van der Waals surface area contributed by atoms with Gasteiger partial charge in [-0.3, -0.25) is 4.57 Å². The van der Waals surface area contributed by atoms with E-state index in [-0.39, 0.29) is 5.69 Å². The highest BCUT2D eigenvalue weighted by atomic mass is 32.2. The Balaban J connectivity index is 2.31. The van der Waals surface area contributed by atoms with Gasteiger partial charge in [-0.2, -0.15) is 0 Å². The van der Waals surface area contributed by atoms with Crippen LogP contribution < -0.4 is 11.0 Å².